The molecule has 442 valence electrons. The van der Waals surface area contributed by atoms with E-state index in [1.54, 1.807) is 27.7 Å². The molecule has 0 heterocycles. The zero-order valence-electron chi connectivity index (χ0n) is 47.2. The number of carboxylic acid groups (broad SMARTS) is 1. The highest BCUT2D eigenvalue weighted by Gasteiger charge is 2.41. The SMILES string of the molecule is CCCCCCCC[N+](C)(C)CCOC(=O)C(C)CC(CC(CC(CC(CC)C(N)=O)C(=O)O)C(=O)NC(COCCC(=O)OCC)(COCCC(=O)OCC)COCCC(=O)OCC)C(=O)NC(C)(C)CS(=O)(=O)O. The minimum Gasteiger partial charge on any atom is -0.481 e. The predicted octanol–water partition coefficient (Wildman–Crippen LogP) is 4.15. The van der Waals surface area contributed by atoms with Crippen LogP contribution < -0.4 is 16.4 Å². The number of quaternary nitrogens is 1. The zero-order chi connectivity index (χ0) is 58.0. The number of unbranched alkanes of at least 4 members (excludes halogenated alkanes) is 5. The second-order valence-corrected chi connectivity index (χ2v) is 22.2. The van der Waals surface area contributed by atoms with Gasteiger partial charge in [-0.3, -0.25) is 42.9 Å². The lowest BCUT2D eigenvalue weighted by atomic mass is 9.79. The van der Waals surface area contributed by atoms with Crippen molar-refractivity contribution in [2.24, 2.45) is 35.3 Å². The fourth-order valence-electron chi connectivity index (χ4n) is 8.42. The van der Waals surface area contributed by atoms with E-state index in [0.29, 0.717) is 11.0 Å². The van der Waals surface area contributed by atoms with E-state index in [2.05, 4.69) is 17.6 Å². The summed E-state index contributed by atoms with van der Waals surface area (Å²) in [5.41, 5.74) is 2.34. The Morgan fingerprint density at radius 1 is 0.592 bits per heavy atom. The summed E-state index contributed by atoms with van der Waals surface area (Å²) in [5.74, 6) is -13.3. The van der Waals surface area contributed by atoms with Crippen molar-refractivity contribution >= 4 is 57.7 Å². The fourth-order valence-corrected chi connectivity index (χ4v) is 9.40. The van der Waals surface area contributed by atoms with Crippen molar-refractivity contribution in [1.29, 1.82) is 0 Å². The van der Waals surface area contributed by atoms with E-state index >= 15 is 4.79 Å². The smallest absolute Gasteiger partial charge is 0.308 e. The lowest BCUT2D eigenvalue weighted by Crippen LogP contribution is -2.60. The summed E-state index contributed by atoms with van der Waals surface area (Å²) < 4.78 is 73.1. The van der Waals surface area contributed by atoms with E-state index < -0.39 is 137 Å². The number of rotatable bonds is 46. The second kappa shape index (κ2) is 38.1. The lowest BCUT2D eigenvalue weighted by molar-refractivity contribution is -0.890. The molecule has 6 N–H and O–H groups in total. The van der Waals surface area contributed by atoms with Crippen LogP contribution in [0.2, 0.25) is 0 Å². The Morgan fingerprint density at radius 2 is 1.03 bits per heavy atom. The van der Waals surface area contributed by atoms with Gasteiger partial charge in [-0.05, 0) is 79.6 Å². The second-order valence-electron chi connectivity index (χ2n) is 20.8. The highest BCUT2D eigenvalue weighted by atomic mass is 32.2. The number of nitrogens with one attached hydrogen (secondary N) is 2. The van der Waals surface area contributed by atoms with Crippen molar-refractivity contribution in [1.82, 2.24) is 10.6 Å². The van der Waals surface area contributed by atoms with Crippen molar-refractivity contribution in [3.05, 3.63) is 0 Å². The maximum atomic E-state index is 15.2. The monoisotopic (exact) mass is 1110 g/mol. The summed E-state index contributed by atoms with van der Waals surface area (Å²) in [6.07, 6.45) is 4.76. The number of nitrogens with two attached hydrogens (primary N) is 1. The van der Waals surface area contributed by atoms with Crippen LogP contribution in [0.25, 0.3) is 0 Å². The minimum absolute atomic E-state index is 0.0572. The largest absolute Gasteiger partial charge is 0.481 e. The van der Waals surface area contributed by atoms with Gasteiger partial charge in [0.15, 0.2) is 0 Å². The maximum Gasteiger partial charge on any atom is 0.308 e. The van der Waals surface area contributed by atoms with Gasteiger partial charge in [-0.2, -0.15) is 8.42 Å². The summed E-state index contributed by atoms with van der Waals surface area (Å²) in [5, 5.41) is 16.1. The van der Waals surface area contributed by atoms with E-state index in [0.717, 1.165) is 32.2 Å². The molecule has 0 bridgehead atoms. The highest BCUT2D eigenvalue weighted by molar-refractivity contribution is 7.85. The van der Waals surface area contributed by atoms with Gasteiger partial charge < -0.3 is 59.1 Å². The number of ether oxygens (including phenoxy) is 7. The summed E-state index contributed by atoms with van der Waals surface area (Å²) in [4.78, 5) is 106. The summed E-state index contributed by atoms with van der Waals surface area (Å²) in [6.45, 7) is 12.7. The molecular formula is C52H95N4O19S+. The van der Waals surface area contributed by atoms with Crippen LogP contribution in [0, 0.1) is 29.6 Å². The molecule has 0 spiro atoms. The van der Waals surface area contributed by atoms with E-state index in [9.17, 15) is 51.6 Å². The first-order valence-electron chi connectivity index (χ1n) is 26.9. The molecule has 0 aromatic rings. The van der Waals surface area contributed by atoms with Crippen LogP contribution in [0.3, 0.4) is 0 Å². The number of carboxylic acids is 1. The first-order valence-corrected chi connectivity index (χ1v) is 28.5. The van der Waals surface area contributed by atoms with Gasteiger partial charge in [-0.15, -0.1) is 0 Å². The Labute approximate surface area is 451 Å². The first-order chi connectivity index (χ1) is 35.6. The molecule has 23 nitrogen and oxygen atoms in total. The van der Waals surface area contributed by atoms with E-state index in [1.807, 2.05) is 14.1 Å². The molecule has 76 heavy (non-hydrogen) atoms. The Bertz CT molecular complexity index is 1820. The molecule has 0 saturated heterocycles. The number of hydrogen-bond donors (Lipinski definition) is 5. The van der Waals surface area contributed by atoms with Gasteiger partial charge in [0.25, 0.3) is 10.1 Å². The number of likely N-dealkylation sites (N-methyl/N-ethyl adjacent to an activating group) is 1. The standard InChI is InChI=1S/C52H94N4O19S/c1-11-16-17-18-19-20-24-56(9,10)25-29-75-50(65)38(6)30-40(47(61)54-51(7,8)37-76(66,67)68)32-41(33-42(49(63)64)31-39(12-2)46(53)60)48(62)55-52(34-69-26-21-43(57)72-13-3,35-70-27-22-44(58)73-14-4)36-71-28-23-45(59)74-15-5/h38-42H,11-37H2,1-10H3,(H5-,53,54,55,60,61,62,63,64,66,67,68)/p+1. The van der Waals surface area contributed by atoms with Crippen molar-refractivity contribution in [3.8, 4) is 0 Å². The van der Waals surface area contributed by atoms with Crippen LogP contribution in [0.1, 0.15) is 145 Å². The van der Waals surface area contributed by atoms with Gasteiger partial charge >= 0.3 is 29.8 Å². The van der Waals surface area contributed by atoms with Crippen molar-refractivity contribution in [3.63, 3.8) is 0 Å². The number of hydrogen-bond acceptors (Lipinski definition) is 17. The highest BCUT2D eigenvalue weighted by Crippen LogP contribution is 2.31. The molecule has 0 aromatic carbocycles. The number of primary amides is 1. The molecule has 5 unspecified atom stereocenters. The lowest BCUT2D eigenvalue weighted by Gasteiger charge is -2.36. The summed E-state index contributed by atoms with van der Waals surface area (Å²) >= 11 is 0. The number of nitrogens with zero attached hydrogens (tertiary/aromatic N) is 1. The summed E-state index contributed by atoms with van der Waals surface area (Å²) in [7, 11) is -0.576. The molecule has 0 radical (unpaired) electrons. The number of esters is 4. The number of aliphatic carboxylic acids is 1. The fraction of sp³-hybridized carbons (Fsp3) is 0.846. The van der Waals surface area contributed by atoms with Crippen LogP contribution in [-0.4, -0.2) is 180 Å². The van der Waals surface area contributed by atoms with Gasteiger partial charge in [-0.1, -0.05) is 46.5 Å². The quantitative estimate of drug-likeness (QED) is 0.0188. The van der Waals surface area contributed by atoms with Crippen LogP contribution in [0.5, 0.6) is 0 Å². The van der Waals surface area contributed by atoms with Gasteiger partial charge in [0, 0.05) is 17.8 Å². The van der Waals surface area contributed by atoms with Crippen molar-refractivity contribution < 1.29 is 94.1 Å². The van der Waals surface area contributed by atoms with Crippen LogP contribution >= 0.6 is 0 Å². The van der Waals surface area contributed by atoms with E-state index in [-0.39, 0.29) is 84.8 Å². The number of carbonyl (C=O) groups is 8. The molecule has 0 aliphatic rings. The normalized spacial score (nSPS) is 14.1. The van der Waals surface area contributed by atoms with Gasteiger partial charge in [0.2, 0.25) is 17.7 Å². The molecule has 0 saturated carbocycles. The molecular weight excluding hydrogens is 1020 g/mol. The van der Waals surface area contributed by atoms with Crippen molar-refractivity contribution in [2.75, 3.05) is 99.0 Å². The van der Waals surface area contributed by atoms with Gasteiger partial charge in [0.05, 0.1) is 122 Å². The molecule has 0 rings (SSSR count). The molecule has 5 atom stereocenters. The molecule has 3 amide bonds. The molecule has 0 aliphatic heterocycles. The number of carbonyl (C=O) groups excluding carboxylic acids is 7. The third kappa shape index (κ3) is 33.6. The third-order valence-electron chi connectivity index (χ3n) is 12.6. The summed E-state index contributed by atoms with van der Waals surface area (Å²) in [6, 6.07) is 0. The Hall–Kier alpha value is -4.49. The van der Waals surface area contributed by atoms with Crippen LogP contribution in [0.4, 0.5) is 0 Å². The molecule has 0 aromatic heterocycles. The van der Waals surface area contributed by atoms with Crippen LogP contribution in [0.15, 0.2) is 0 Å². The predicted molar refractivity (Wildman–Crippen MR) is 281 cm³/mol. The maximum absolute atomic E-state index is 15.2. The van der Waals surface area contributed by atoms with Crippen molar-refractivity contribution in [2.45, 2.75) is 156 Å². The Kier molecular flexibility index (Phi) is 35.9. The average molecular weight is 1110 g/mol. The average Bonchev–Trinajstić information content (AvgIpc) is 3.31. The third-order valence-corrected chi connectivity index (χ3v) is 13.7. The van der Waals surface area contributed by atoms with Gasteiger partial charge in [-0.25, -0.2) is 0 Å². The molecule has 24 heteroatoms. The molecule has 0 aliphatic carbocycles. The van der Waals surface area contributed by atoms with Gasteiger partial charge in [0.1, 0.15) is 18.7 Å². The Balaban J connectivity index is 7.55. The Morgan fingerprint density at radius 3 is 1.46 bits per heavy atom. The van der Waals surface area contributed by atoms with E-state index in [1.165, 1.54) is 33.6 Å². The first kappa shape index (κ1) is 71.5. The topological polar surface area (TPSA) is 326 Å². The van der Waals surface area contributed by atoms with Crippen LogP contribution in [-0.2, 0) is 81.6 Å². The molecule has 0 fully saturated rings. The minimum atomic E-state index is -4.65. The number of amides is 3. The zero-order valence-corrected chi connectivity index (χ0v) is 48.1. The van der Waals surface area contributed by atoms with E-state index in [4.69, 9.17) is 38.9 Å².